The van der Waals surface area contributed by atoms with E-state index in [2.05, 4.69) is 34.5 Å². The summed E-state index contributed by atoms with van der Waals surface area (Å²) >= 11 is 0. The molecule has 2 fully saturated rings. The smallest absolute Gasteiger partial charge is 0.0667 e. The van der Waals surface area contributed by atoms with Crippen LogP contribution in [0.25, 0.3) is 0 Å². The summed E-state index contributed by atoms with van der Waals surface area (Å²) in [4.78, 5) is 2.50. The van der Waals surface area contributed by atoms with Gasteiger partial charge in [-0.2, -0.15) is 0 Å². The number of hydrogen-bond donors (Lipinski definition) is 1. The summed E-state index contributed by atoms with van der Waals surface area (Å²) in [5, 5.41) is 3.57. The van der Waals surface area contributed by atoms with Gasteiger partial charge in [-0.05, 0) is 56.4 Å². The number of nitrogens with one attached hydrogen (secondary N) is 1. The molecule has 1 atom stereocenters. The first-order valence-electron chi connectivity index (χ1n) is 7.61. The molecule has 0 aromatic heterocycles. The van der Waals surface area contributed by atoms with Gasteiger partial charge < -0.3 is 15.0 Å². The standard InChI is InChI=1S/C16H24N2O/c1-2-10-18(11-3-1)16-8-6-14(7-9-16)17-15-5-4-12-19-13-15/h6-9,15,17H,1-5,10-13H2. The number of piperidine rings is 1. The van der Waals surface area contributed by atoms with Crippen molar-refractivity contribution in [1.82, 2.24) is 0 Å². The van der Waals surface area contributed by atoms with Crippen molar-refractivity contribution in [3.8, 4) is 0 Å². The summed E-state index contributed by atoms with van der Waals surface area (Å²) in [6.07, 6.45) is 6.44. The molecule has 2 aliphatic rings. The van der Waals surface area contributed by atoms with E-state index in [0.717, 1.165) is 13.2 Å². The lowest BCUT2D eigenvalue weighted by Crippen LogP contribution is -2.30. The van der Waals surface area contributed by atoms with E-state index in [-0.39, 0.29) is 0 Å². The lowest BCUT2D eigenvalue weighted by atomic mass is 10.1. The fourth-order valence-electron chi connectivity index (χ4n) is 3.01. The number of ether oxygens (including phenoxy) is 1. The Bertz CT molecular complexity index is 378. The maximum Gasteiger partial charge on any atom is 0.0667 e. The molecule has 0 saturated carbocycles. The largest absolute Gasteiger partial charge is 0.380 e. The van der Waals surface area contributed by atoms with Gasteiger partial charge in [0.05, 0.1) is 6.61 Å². The van der Waals surface area contributed by atoms with Crippen molar-refractivity contribution in [3.05, 3.63) is 24.3 Å². The van der Waals surface area contributed by atoms with Crippen LogP contribution < -0.4 is 10.2 Å². The molecule has 1 aromatic carbocycles. The van der Waals surface area contributed by atoms with Gasteiger partial charge >= 0.3 is 0 Å². The van der Waals surface area contributed by atoms with Gasteiger partial charge in [0.25, 0.3) is 0 Å². The molecule has 3 nitrogen and oxygen atoms in total. The summed E-state index contributed by atoms with van der Waals surface area (Å²) in [6.45, 7) is 4.19. The Morgan fingerprint density at radius 1 is 1.00 bits per heavy atom. The minimum absolute atomic E-state index is 0.481. The Kier molecular flexibility index (Phi) is 4.23. The molecule has 19 heavy (non-hydrogen) atoms. The third-order valence-electron chi connectivity index (χ3n) is 4.12. The zero-order chi connectivity index (χ0) is 12.9. The van der Waals surface area contributed by atoms with Crippen molar-refractivity contribution < 1.29 is 4.74 Å². The van der Waals surface area contributed by atoms with Crippen LogP contribution in [0, 0.1) is 0 Å². The van der Waals surface area contributed by atoms with Crippen molar-refractivity contribution in [2.45, 2.75) is 38.1 Å². The van der Waals surface area contributed by atoms with Crippen LogP contribution in [0.5, 0.6) is 0 Å². The average Bonchev–Trinajstić information content (AvgIpc) is 2.50. The summed E-state index contributed by atoms with van der Waals surface area (Å²) in [6, 6.07) is 9.39. The SMILES string of the molecule is c1cc(N2CCCCC2)ccc1NC1CCCOC1. The second-order valence-electron chi connectivity index (χ2n) is 5.65. The van der Waals surface area contributed by atoms with Gasteiger partial charge in [0.1, 0.15) is 0 Å². The van der Waals surface area contributed by atoms with Crippen molar-refractivity contribution in [3.63, 3.8) is 0 Å². The van der Waals surface area contributed by atoms with E-state index in [4.69, 9.17) is 4.74 Å². The fraction of sp³-hybridized carbons (Fsp3) is 0.625. The molecule has 0 bridgehead atoms. The molecular formula is C16H24N2O. The molecule has 0 radical (unpaired) electrons. The van der Waals surface area contributed by atoms with Gasteiger partial charge in [0, 0.05) is 37.1 Å². The van der Waals surface area contributed by atoms with Crippen LogP contribution in [0.15, 0.2) is 24.3 Å². The highest BCUT2D eigenvalue weighted by molar-refractivity contribution is 5.55. The van der Waals surface area contributed by atoms with Gasteiger partial charge in [-0.15, -0.1) is 0 Å². The van der Waals surface area contributed by atoms with E-state index in [0.29, 0.717) is 6.04 Å². The molecule has 3 rings (SSSR count). The van der Waals surface area contributed by atoms with Crippen LogP contribution >= 0.6 is 0 Å². The molecule has 0 spiro atoms. The lowest BCUT2D eigenvalue weighted by molar-refractivity contribution is 0.0876. The molecule has 3 heteroatoms. The number of benzene rings is 1. The Balaban J connectivity index is 1.58. The molecule has 2 saturated heterocycles. The average molecular weight is 260 g/mol. The van der Waals surface area contributed by atoms with Crippen LogP contribution in [0.1, 0.15) is 32.1 Å². The van der Waals surface area contributed by atoms with Gasteiger partial charge in [0.15, 0.2) is 0 Å². The van der Waals surface area contributed by atoms with Crippen LogP contribution in [0.4, 0.5) is 11.4 Å². The molecule has 0 aliphatic carbocycles. The van der Waals surface area contributed by atoms with E-state index in [9.17, 15) is 0 Å². The first-order valence-corrected chi connectivity index (χ1v) is 7.61. The number of anilines is 2. The molecule has 1 aromatic rings. The molecule has 1 N–H and O–H groups in total. The highest BCUT2D eigenvalue weighted by atomic mass is 16.5. The normalized spacial score (nSPS) is 24.2. The Morgan fingerprint density at radius 3 is 2.47 bits per heavy atom. The third kappa shape index (κ3) is 3.41. The first kappa shape index (κ1) is 12.8. The van der Waals surface area contributed by atoms with Gasteiger partial charge in [0.2, 0.25) is 0 Å². The summed E-state index contributed by atoms with van der Waals surface area (Å²) < 4.78 is 5.50. The number of nitrogens with zero attached hydrogens (tertiary/aromatic N) is 1. The number of hydrogen-bond acceptors (Lipinski definition) is 3. The monoisotopic (exact) mass is 260 g/mol. The minimum Gasteiger partial charge on any atom is -0.380 e. The van der Waals surface area contributed by atoms with E-state index in [1.807, 2.05) is 0 Å². The summed E-state index contributed by atoms with van der Waals surface area (Å²) in [5.41, 5.74) is 2.58. The van der Waals surface area contributed by atoms with Crippen LogP contribution in [0.3, 0.4) is 0 Å². The maximum absolute atomic E-state index is 5.50. The highest BCUT2D eigenvalue weighted by Crippen LogP contribution is 2.22. The van der Waals surface area contributed by atoms with E-state index in [1.165, 1.54) is 56.6 Å². The minimum atomic E-state index is 0.481. The lowest BCUT2D eigenvalue weighted by Gasteiger charge is -2.29. The topological polar surface area (TPSA) is 24.5 Å². The van der Waals surface area contributed by atoms with Crippen LogP contribution in [-0.2, 0) is 4.74 Å². The molecule has 0 amide bonds. The van der Waals surface area contributed by atoms with Crippen molar-refractivity contribution in [2.75, 3.05) is 36.5 Å². The second-order valence-corrected chi connectivity index (χ2v) is 5.65. The maximum atomic E-state index is 5.50. The molecule has 104 valence electrons. The molecular weight excluding hydrogens is 236 g/mol. The number of rotatable bonds is 3. The third-order valence-corrected chi connectivity index (χ3v) is 4.12. The summed E-state index contributed by atoms with van der Waals surface area (Å²) in [7, 11) is 0. The fourth-order valence-corrected chi connectivity index (χ4v) is 3.01. The van der Waals surface area contributed by atoms with E-state index in [1.54, 1.807) is 0 Å². The zero-order valence-corrected chi connectivity index (χ0v) is 11.6. The second kappa shape index (κ2) is 6.29. The molecule has 2 heterocycles. The van der Waals surface area contributed by atoms with Gasteiger partial charge in [-0.1, -0.05) is 0 Å². The predicted octanol–water partition coefficient (Wildman–Crippen LogP) is 3.27. The van der Waals surface area contributed by atoms with Gasteiger partial charge in [-0.25, -0.2) is 0 Å². The summed E-state index contributed by atoms with van der Waals surface area (Å²) in [5.74, 6) is 0. The van der Waals surface area contributed by atoms with Crippen molar-refractivity contribution in [1.29, 1.82) is 0 Å². The first-order chi connectivity index (χ1) is 9.42. The zero-order valence-electron chi connectivity index (χ0n) is 11.6. The van der Waals surface area contributed by atoms with Crippen LogP contribution in [-0.4, -0.2) is 32.3 Å². The van der Waals surface area contributed by atoms with Crippen molar-refractivity contribution >= 4 is 11.4 Å². The molecule has 2 aliphatic heterocycles. The Hall–Kier alpha value is -1.22. The Morgan fingerprint density at radius 2 is 1.79 bits per heavy atom. The quantitative estimate of drug-likeness (QED) is 0.902. The predicted molar refractivity (Wildman–Crippen MR) is 80.0 cm³/mol. The van der Waals surface area contributed by atoms with Crippen molar-refractivity contribution in [2.24, 2.45) is 0 Å². The van der Waals surface area contributed by atoms with E-state index >= 15 is 0 Å². The Labute approximate surface area is 115 Å². The molecule has 1 unspecified atom stereocenters. The van der Waals surface area contributed by atoms with E-state index < -0.39 is 0 Å². The van der Waals surface area contributed by atoms with Crippen LogP contribution in [0.2, 0.25) is 0 Å². The highest BCUT2D eigenvalue weighted by Gasteiger charge is 2.14. The van der Waals surface area contributed by atoms with Gasteiger partial charge in [-0.3, -0.25) is 0 Å².